The minimum Gasteiger partial charge on any atom is -0.375 e. The minimum atomic E-state index is -3.44. The number of nitrogens with zero attached hydrogens (tertiary/aromatic N) is 2. The van der Waals surface area contributed by atoms with Crippen LogP contribution < -0.4 is 0 Å². The van der Waals surface area contributed by atoms with Crippen LogP contribution in [0.3, 0.4) is 0 Å². The van der Waals surface area contributed by atoms with Crippen LogP contribution in [0.1, 0.15) is 19.3 Å². The van der Waals surface area contributed by atoms with E-state index in [1.54, 1.807) is 4.31 Å². The van der Waals surface area contributed by atoms with Gasteiger partial charge >= 0.3 is 0 Å². The lowest BCUT2D eigenvalue weighted by atomic mass is 10.2. The number of hydrogen-bond donors (Lipinski definition) is 1. The molecule has 17 heavy (non-hydrogen) atoms. The number of ether oxygens (including phenoxy) is 1. The first-order valence-electron chi connectivity index (χ1n) is 5.82. The number of sulfonamides is 1. The molecule has 3 rings (SSSR count). The minimum absolute atomic E-state index is 0.00273. The molecule has 94 valence electrons. The van der Waals surface area contributed by atoms with Crippen molar-refractivity contribution < 1.29 is 13.2 Å². The van der Waals surface area contributed by atoms with Crippen molar-refractivity contribution >= 4 is 10.0 Å². The summed E-state index contributed by atoms with van der Waals surface area (Å²) < 4.78 is 32.0. The molecule has 2 aliphatic rings. The molecule has 2 unspecified atom stereocenters. The first-order chi connectivity index (χ1) is 8.19. The maximum absolute atomic E-state index is 12.4. The SMILES string of the molecule is O=S(=O)(c1ccn[nH]1)N1CCOC2CCCC21. The molecule has 2 heterocycles. The van der Waals surface area contributed by atoms with Crippen LogP contribution in [0.5, 0.6) is 0 Å². The molecule has 2 fully saturated rings. The molecule has 7 heteroatoms. The molecule has 0 aromatic carbocycles. The maximum Gasteiger partial charge on any atom is 0.260 e. The van der Waals surface area contributed by atoms with Crippen LogP contribution in [-0.4, -0.2) is 48.2 Å². The average molecular weight is 257 g/mol. The average Bonchev–Trinajstić information content (AvgIpc) is 2.99. The summed E-state index contributed by atoms with van der Waals surface area (Å²) >= 11 is 0. The Morgan fingerprint density at radius 2 is 2.35 bits per heavy atom. The Kier molecular flexibility index (Phi) is 2.68. The number of hydrogen-bond acceptors (Lipinski definition) is 4. The first-order valence-corrected chi connectivity index (χ1v) is 7.26. The molecule has 1 aromatic rings. The second-order valence-electron chi connectivity index (χ2n) is 4.44. The molecule has 1 saturated carbocycles. The zero-order valence-electron chi connectivity index (χ0n) is 9.37. The van der Waals surface area contributed by atoms with Crippen molar-refractivity contribution in [2.75, 3.05) is 13.2 Å². The molecule has 1 saturated heterocycles. The van der Waals surface area contributed by atoms with Gasteiger partial charge in [-0.15, -0.1) is 0 Å². The summed E-state index contributed by atoms with van der Waals surface area (Å²) in [5, 5.41) is 6.41. The normalized spacial score (nSPS) is 30.4. The number of fused-ring (bicyclic) bond motifs is 1. The standard InChI is InChI=1S/C10H15N3O3S/c14-17(15,10-4-5-11-12-10)13-6-7-16-9-3-1-2-8(9)13/h4-5,8-9H,1-3,6-7H2,(H,11,12). The van der Waals surface area contributed by atoms with Crippen LogP contribution in [0, 0.1) is 0 Å². The summed E-state index contributed by atoms with van der Waals surface area (Å²) in [6, 6.07) is 1.49. The van der Waals surface area contributed by atoms with Gasteiger partial charge in [0, 0.05) is 6.54 Å². The Balaban J connectivity index is 1.93. The van der Waals surface area contributed by atoms with Crippen LogP contribution >= 0.6 is 0 Å². The summed E-state index contributed by atoms with van der Waals surface area (Å²) in [7, 11) is -3.44. The Labute approximate surface area is 100 Å². The van der Waals surface area contributed by atoms with Gasteiger partial charge in [-0.1, -0.05) is 0 Å². The van der Waals surface area contributed by atoms with Gasteiger partial charge in [0.15, 0.2) is 5.03 Å². The highest BCUT2D eigenvalue weighted by atomic mass is 32.2. The molecule has 0 spiro atoms. The third-order valence-electron chi connectivity index (χ3n) is 3.49. The molecule has 0 radical (unpaired) electrons. The Hall–Kier alpha value is -0.920. The van der Waals surface area contributed by atoms with Gasteiger partial charge in [-0.25, -0.2) is 8.42 Å². The second kappa shape index (κ2) is 4.08. The van der Waals surface area contributed by atoms with Gasteiger partial charge < -0.3 is 4.74 Å². The van der Waals surface area contributed by atoms with E-state index in [4.69, 9.17) is 4.74 Å². The van der Waals surface area contributed by atoms with Crippen molar-refractivity contribution in [2.45, 2.75) is 36.4 Å². The highest BCUT2D eigenvalue weighted by Gasteiger charge is 2.42. The van der Waals surface area contributed by atoms with Crippen LogP contribution in [0.2, 0.25) is 0 Å². The fraction of sp³-hybridized carbons (Fsp3) is 0.700. The van der Waals surface area contributed by atoms with Gasteiger partial charge in [0.2, 0.25) is 0 Å². The van der Waals surface area contributed by atoms with Gasteiger partial charge in [0.05, 0.1) is 24.9 Å². The number of rotatable bonds is 2. The van der Waals surface area contributed by atoms with Crippen LogP contribution in [0.15, 0.2) is 17.3 Å². The molecule has 6 nitrogen and oxygen atoms in total. The highest BCUT2D eigenvalue weighted by molar-refractivity contribution is 7.89. The number of H-pyrrole nitrogens is 1. The van der Waals surface area contributed by atoms with Crippen LogP contribution in [0.4, 0.5) is 0 Å². The van der Waals surface area contributed by atoms with E-state index in [2.05, 4.69) is 10.2 Å². The van der Waals surface area contributed by atoms with E-state index in [9.17, 15) is 8.42 Å². The zero-order chi connectivity index (χ0) is 11.9. The smallest absolute Gasteiger partial charge is 0.260 e. The maximum atomic E-state index is 12.4. The third-order valence-corrected chi connectivity index (χ3v) is 5.35. The number of nitrogens with one attached hydrogen (secondary N) is 1. The number of aromatic amines is 1. The van der Waals surface area contributed by atoms with Crippen LogP contribution in [-0.2, 0) is 14.8 Å². The predicted octanol–water partition coefficient (Wildman–Crippen LogP) is 0.352. The summed E-state index contributed by atoms with van der Waals surface area (Å²) in [4.78, 5) is 0. The summed E-state index contributed by atoms with van der Waals surface area (Å²) in [6.45, 7) is 0.914. The molecular formula is C10H15N3O3S. The number of morpholine rings is 1. The summed E-state index contributed by atoms with van der Waals surface area (Å²) in [5.74, 6) is 0. The molecule has 0 bridgehead atoms. The van der Waals surface area contributed by atoms with Gasteiger partial charge in [0.1, 0.15) is 0 Å². The van der Waals surface area contributed by atoms with Gasteiger partial charge in [0.25, 0.3) is 10.0 Å². The van der Waals surface area contributed by atoms with E-state index >= 15 is 0 Å². The Bertz CT molecular complexity index is 485. The zero-order valence-corrected chi connectivity index (χ0v) is 10.2. The van der Waals surface area contributed by atoms with E-state index in [1.165, 1.54) is 12.3 Å². The fourth-order valence-corrected chi connectivity index (χ4v) is 4.27. The highest BCUT2D eigenvalue weighted by Crippen LogP contribution is 2.32. The Morgan fingerprint density at radius 1 is 1.47 bits per heavy atom. The van der Waals surface area contributed by atoms with E-state index in [1.807, 2.05) is 0 Å². The molecule has 1 aromatic heterocycles. The van der Waals surface area contributed by atoms with Crippen molar-refractivity contribution in [1.82, 2.24) is 14.5 Å². The lowest BCUT2D eigenvalue weighted by Gasteiger charge is -2.36. The molecular weight excluding hydrogens is 242 g/mol. The molecule has 0 amide bonds. The van der Waals surface area contributed by atoms with Crippen molar-refractivity contribution in [1.29, 1.82) is 0 Å². The lowest BCUT2D eigenvalue weighted by molar-refractivity contribution is -0.0242. The summed E-state index contributed by atoms with van der Waals surface area (Å²) in [6.07, 6.45) is 4.41. The monoisotopic (exact) mass is 257 g/mol. The van der Waals surface area contributed by atoms with Crippen molar-refractivity contribution in [3.63, 3.8) is 0 Å². The Morgan fingerprint density at radius 3 is 3.12 bits per heavy atom. The van der Waals surface area contributed by atoms with Crippen molar-refractivity contribution in [3.8, 4) is 0 Å². The van der Waals surface area contributed by atoms with E-state index in [-0.39, 0.29) is 17.2 Å². The van der Waals surface area contributed by atoms with Crippen molar-refractivity contribution in [2.24, 2.45) is 0 Å². The van der Waals surface area contributed by atoms with E-state index < -0.39 is 10.0 Å². The lowest BCUT2D eigenvalue weighted by Crippen LogP contribution is -2.51. The summed E-state index contributed by atoms with van der Waals surface area (Å²) in [5.41, 5.74) is 0. The van der Waals surface area contributed by atoms with Gasteiger partial charge in [-0.05, 0) is 25.3 Å². The third kappa shape index (κ3) is 1.78. The molecule has 1 aliphatic carbocycles. The van der Waals surface area contributed by atoms with Gasteiger partial charge in [-0.2, -0.15) is 9.40 Å². The second-order valence-corrected chi connectivity index (χ2v) is 6.30. The first kappa shape index (κ1) is 11.2. The number of aromatic nitrogens is 2. The van der Waals surface area contributed by atoms with Gasteiger partial charge in [-0.3, -0.25) is 5.10 Å². The van der Waals surface area contributed by atoms with Crippen molar-refractivity contribution in [3.05, 3.63) is 12.3 Å². The molecule has 1 N–H and O–H groups in total. The van der Waals surface area contributed by atoms with E-state index in [0.29, 0.717) is 13.2 Å². The fourth-order valence-electron chi connectivity index (χ4n) is 2.70. The van der Waals surface area contributed by atoms with Crippen LogP contribution in [0.25, 0.3) is 0 Å². The predicted molar refractivity (Wildman–Crippen MR) is 59.9 cm³/mol. The molecule has 2 atom stereocenters. The quantitative estimate of drug-likeness (QED) is 0.829. The van der Waals surface area contributed by atoms with E-state index in [0.717, 1.165) is 19.3 Å². The topological polar surface area (TPSA) is 75.3 Å². The largest absolute Gasteiger partial charge is 0.375 e. The molecule has 1 aliphatic heterocycles.